The minimum absolute atomic E-state index is 0.0688. The van der Waals surface area contributed by atoms with Crippen LogP contribution in [0.25, 0.3) is 11.0 Å². The number of nitrogens with zero attached hydrogens (tertiary/aromatic N) is 5. The van der Waals surface area contributed by atoms with Gasteiger partial charge in [0.2, 0.25) is 11.8 Å². The first-order chi connectivity index (χ1) is 21.1. The van der Waals surface area contributed by atoms with E-state index in [9.17, 15) is 19.5 Å². The van der Waals surface area contributed by atoms with Gasteiger partial charge >= 0.3 is 5.97 Å². The molecule has 3 unspecified atom stereocenters. The van der Waals surface area contributed by atoms with E-state index < -0.39 is 41.1 Å². The highest BCUT2D eigenvalue weighted by molar-refractivity contribution is 5.99. The molecule has 11 heteroatoms. The van der Waals surface area contributed by atoms with Crippen LogP contribution in [0.2, 0.25) is 0 Å². The zero-order chi connectivity index (χ0) is 31.8. The Kier molecular flexibility index (Phi) is 9.00. The van der Waals surface area contributed by atoms with Gasteiger partial charge in [-0.15, -0.1) is 18.3 Å². The van der Waals surface area contributed by atoms with E-state index in [1.54, 1.807) is 21.7 Å². The van der Waals surface area contributed by atoms with Crippen LogP contribution in [0, 0.1) is 23.7 Å². The van der Waals surface area contributed by atoms with E-state index in [2.05, 4.69) is 23.5 Å². The first-order valence-corrected chi connectivity index (χ1v) is 15.7. The van der Waals surface area contributed by atoms with Gasteiger partial charge in [0.25, 0.3) is 0 Å². The monoisotopic (exact) mass is 607 g/mol. The number of hydrogen-bond donors (Lipinski definition) is 1. The fourth-order valence-corrected chi connectivity index (χ4v) is 7.71. The Morgan fingerprint density at radius 1 is 1.30 bits per heavy atom. The molecule has 3 aliphatic rings. The third-order valence-corrected chi connectivity index (χ3v) is 10.3. The van der Waals surface area contributed by atoms with Crippen molar-refractivity contribution in [2.75, 3.05) is 19.8 Å². The van der Waals surface area contributed by atoms with Crippen LogP contribution in [0.5, 0.6) is 0 Å². The van der Waals surface area contributed by atoms with Crippen molar-refractivity contribution in [3.8, 4) is 0 Å². The fraction of sp³-hybridized carbons (Fsp3) is 0.606. The van der Waals surface area contributed by atoms with E-state index in [0.29, 0.717) is 31.2 Å². The van der Waals surface area contributed by atoms with Gasteiger partial charge < -0.3 is 24.4 Å². The second-order valence-electron chi connectivity index (χ2n) is 12.8. The molecule has 0 aliphatic carbocycles. The summed E-state index contributed by atoms with van der Waals surface area (Å²) in [7, 11) is 0. The maximum absolute atomic E-state index is 14.9. The lowest BCUT2D eigenvalue weighted by Crippen LogP contribution is -2.60. The van der Waals surface area contributed by atoms with Crippen molar-refractivity contribution < 1.29 is 29.0 Å². The Bertz CT molecular complexity index is 1430. The number of amides is 2. The Labute approximate surface area is 258 Å². The van der Waals surface area contributed by atoms with E-state index in [4.69, 9.17) is 9.47 Å². The largest absolute Gasteiger partial charge is 0.465 e. The molecule has 1 aromatic carbocycles. The molecule has 1 spiro atoms. The van der Waals surface area contributed by atoms with Crippen molar-refractivity contribution in [1.29, 1.82) is 0 Å². The van der Waals surface area contributed by atoms with E-state index in [1.807, 2.05) is 52.0 Å². The van der Waals surface area contributed by atoms with Crippen molar-refractivity contribution in [3.05, 3.63) is 49.6 Å². The zero-order valence-corrected chi connectivity index (χ0v) is 26.2. The number of fused-ring (bicyclic) bond motifs is 2. The number of unbranched alkanes of at least 4 members (excludes halogenated alkanes) is 1. The number of benzene rings is 1. The van der Waals surface area contributed by atoms with Crippen LogP contribution in [0.1, 0.15) is 53.4 Å². The summed E-state index contributed by atoms with van der Waals surface area (Å²) in [6.07, 6.45) is 5.82. The Morgan fingerprint density at radius 2 is 2.05 bits per heavy atom. The fourth-order valence-electron chi connectivity index (χ4n) is 7.71. The molecule has 2 bridgehead atoms. The topological polar surface area (TPSA) is 127 Å². The first kappa shape index (κ1) is 31.8. The number of aromatic nitrogens is 3. The molecule has 2 aromatic rings. The lowest BCUT2D eigenvalue weighted by Gasteiger charge is -2.41. The molecule has 0 radical (unpaired) electrons. The first-order valence-electron chi connectivity index (χ1n) is 15.7. The van der Waals surface area contributed by atoms with Gasteiger partial charge in [-0.05, 0) is 50.2 Å². The third-order valence-electron chi connectivity index (χ3n) is 10.3. The number of rotatable bonds is 14. The number of likely N-dealkylation sites (tertiary alicyclic amines) is 1. The molecule has 2 amide bonds. The normalized spacial score (nSPS) is 30.3. The molecular formula is C33H45N5O6. The van der Waals surface area contributed by atoms with Crippen LogP contribution in [-0.2, 0) is 30.5 Å². The lowest BCUT2D eigenvalue weighted by molar-refractivity contribution is -0.164. The second-order valence-corrected chi connectivity index (χ2v) is 12.8. The highest BCUT2D eigenvalue weighted by Gasteiger charge is 2.81. The number of carbonyl (C=O) groups excluding carboxylic acids is 3. The lowest BCUT2D eigenvalue weighted by atomic mass is 9.62. The molecule has 3 saturated heterocycles. The van der Waals surface area contributed by atoms with Crippen molar-refractivity contribution in [1.82, 2.24) is 24.8 Å². The summed E-state index contributed by atoms with van der Waals surface area (Å²) in [6.45, 7) is 15.5. The number of carbonyl (C=O) groups is 3. The molecule has 238 valence electrons. The summed E-state index contributed by atoms with van der Waals surface area (Å²) >= 11 is 0. The highest BCUT2D eigenvalue weighted by atomic mass is 16.6. The predicted molar refractivity (Wildman–Crippen MR) is 164 cm³/mol. The van der Waals surface area contributed by atoms with Crippen molar-refractivity contribution in [2.45, 2.75) is 83.3 Å². The van der Waals surface area contributed by atoms with Crippen LogP contribution >= 0.6 is 0 Å². The minimum atomic E-state index is -1.27. The SMILES string of the molecule is C=CCCCOC(=O)[C@H]1[C@H]2C(=O)N([C@@H](CO)[C@@H](C)CC)C(C(=O)N(CC=C)Cn3nnc4ccccc43)C23CC(C)[C@]1(C)O3. The molecule has 3 aliphatic heterocycles. The average molecular weight is 608 g/mol. The second kappa shape index (κ2) is 12.4. The number of aliphatic hydroxyl groups is 1. The molecule has 8 atom stereocenters. The molecular weight excluding hydrogens is 562 g/mol. The maximum atomic E-state index is 14.9. The number of esters is 1. The molecule has 1 N–H and O–H groups in total. The maximum Gasteiger partial charge on any atom is 0.312 e. The van der Waals surface area contributed by atoms with E-state index >= 15 is 0 Å². The van der Waals surface area contributed by atoms with Gasteiger partial charge in [-0.1, -0.05) is 56.7 Å². The van der Waals surface area contributed by atoms with Gasteiger partial charge in [0.1, 0.15) is 29.7 Å². The molecule has 5 rings (SSSR count). The summed E-state index contributed by atoms with van der Waals surface area (Å²) in [5.74, 6) is -3.23. The third kappa shape index (κ3) is 4.94. The highest BCUT2D eigenvalue weighted by Crippen LogP contribution is 2.66. The number of ether oxygens (including phenoxy) is 2. The summed E-state index contributed by atoms with van der Waals surface area (Å²) in [4.78, 5) is 46.4. The van der Waals surface area contributed by atoms with Gasteiger partial charge in [0.05, 0.1) is 36.3 Å². The Morgan fingerprint density at radius 3 is 2.73 bits per heavy atom. The predicted octanol–water partition coefficient (Wildman–Crippen LogP) is 3.33. The van der Waals surface area contributed by atoms with Crippen LogP contribution in [-0.4, -0.2) is 90.7 Å². The summed E-state index contributed by atoms with van der Waals surface area (Å²) < 4.78 is 14.2. The van der Waals surface area contributed by atoms with Crippen LogP contribution in [0.3, 0.4) is 0 Å². The summed E-state index contributed by atoms with van der Waals surface area (Å²) in [6, 6.07) is 5.77. The molecule has 44 heavy (non-hydrogen) atoms. The molecule has 0 saturated carbocycles. The number of aliphatic hydroxyl groups excluding tert-OH is 1. The summed E-state index contributed by atoms with van der Waals surface area (Å²) in [5, 5.41) is 19.2. The van der Waals surface area contributed by atoms with E-state index in [1.165, 1.54) is 4.90 Å². The van der Waals surface area contributed by atoms with Gasteiger partial charge in [-0.25, -0.2) is 4.68 Å². The smallest absolute Gasteiger partial charge is 0.312 e. The minimum Gasteiger partial charge on any atom is -0.465 e. The van der Waals surface area contributed by atoms with Gasteiger partial charge in [0.15, 0.2) is 0 Å². The Hall–Kier alpha value is -3.57. The number of para-hydroxylation sites is 1. The Balaban J connectivity index is 1.58. The van der Waals surface area contributed by atoms with Crippen LogP contribution in [0.15, 0.2) is 49.6 Å². The van der Waals surface area contributed by atoms with Crippen LogP contribution in [0.4, 0.5) is 0 Å². The molecule has 11 nitrogen and oxygen atoms in total. The standard InChI is InChI=1S/C33H45N5O6/c1-7-10-13-17-43-31(42)27-26-29(40)38(25(19-39)21(4)9-3)28(33(26)18-22(5)32(27,6)44-33)30(41)36(16-8-2)20-37-24-15-12-11-14-23(24)34-35-37/h7-8,11-12,14-15,21-22,25-28,39H,1-2,9-10,13,16-20H2,3-6H3/t21-,22?,25-,26-,27+,28?,32-,33?/m0/s1. The van der Waals surface area contributed by atoms with Crippen molar-refractivity contribution >= 4 is 28.8 Å². The van der Waals surface area contributed by atoms with Crippen LogP contribution < -0.4 is 0 Å². The van der Waals surface area contributed by atoms with Gasteiger partial charge in [-0.2, -0.15) is 0 Å². The van der Waals surface area contributed by atoms with Gasteiger partial charge in [0, 0.05) is 6.54 Å². The number of hydrogen-bond acceptors (Lipinski definition) is 8. The van der Waals surface area contributed by atoms with Gasteiger partial charge in [-0.3, -0.25) is 14.4 Å². The quantitative estimate of drug-likeness (QED) is 0.197. The van der Waals surface area contributed by atoms with E-state index in [-0.39, 0.29) is 50.1 Å². The average Bonchev–Trinajstić information content (AvgIpc) is 3.68. The zero-order valence-electron chi connectivity index (χ0n) is 26.2. The van der Waals surface area contributed by atoms with E-state index in [0.717, 1.165) is 5.52 Å². The number of allylic oxidation sites excluding steroid dienone is 1. The van der Waals surface area contributed by atoms with Crippen molar-refractivity contribution in [3.63, 3.8) is 0 Å². The van der Waals surface area contributed by atoms with Crippen molar-refractivity contribution in [2.24, 2.45) is 23.7 Å². The summed E-state index contributed by atoms with van der Waals surface area (Å²) in [5.41, 5.74) is -0.800. The molecule has 4 heterocycles. The molecule has 1 aromatic heterocycles. The molecule has 3 fully saturated rings.